The highest BCUT2D eigenvalue weighted by atomic mass is 16.5. The molecule has 0 unspecified atom stereocenters. The molecule has 1 aliphatic heterocycles. The Morgan fingerprint density at radius 3 is 1.88 bits per heavy atom. The molecule has 1 heterocycles. The SMILES string of the molecule is CC(C)c1cccc(C(C)C)c1NC(=O)COCC(C)(C)N1C(=O)c2ccccc2C1=O. The van der Waals surface area contributed by atoms with Gasteiger partial charge in [-0.2, -0.15) is 0 Å². The molecular weight excluding hydrogens is 404 g/mol. The second kappa shape index (κ2) is 9.25. The Bertz CT molecular complexity index is 979. The van der Waals surface area contributed by atoms with Gasteiger partial charge < -0.3 is 10.1 Å². The number of imide groups is 1. The van der Waals surface area contributed by atoms with E-state index in [1.165, 1.54) is 4.90 Å². The molecule has 1 N–H and O–H groups in total. The highest BCUT2D eigenvalue weighted by Gasteiger charge is 2.44. The van der Waals surface area contributed by atoms with E-state index in [0.717, 1.165) is 16.8 Å². The van der Waals surface area contributed by atoms with Crippen LogP contribution in [0, 0.1) is 0 Å². The number of hydrogen-bond donors (Lipinski definition) is 1. The summed E-state index contributed by atoms with van der Waals surface area (Å²) in [6, 6.07) is 12.8. The van der Waals surface area contributed by atoms with Gasteiger partial charge in [-0.1, -0.05) is 58.0 Å². The minimum Gasteiger partial charge on any atom is -0.369 e. The van der Waals surface area contributed by atoms with Crippen molar-refractivity contribution in [1.29, 1.82) is 0 Å². The van der Waals surface area contributed by atoms with Gasteiger partial charge >= 0.3 is 0 Å². The first kappa shape index (κ1) is 23.7. The van der Waals surface area contributed by atoms with Crippen molar-refractivity contribution in [2.45, 2.75) is 58.9 Å². The quantitative estimate of drug-likeness (QED) is 0.593. The van der Waals surface area contributed by atoms with Gasteiger partial charge in [0, 0.05) is 5.69 Å². The Morgan fingerprint density at radius 1 is 0.906 bits per heavy atom. The zero-order chi connectivity index (χ0) is 23.6. The average molecular weight is 437 g/mol. The van der Waals surface area contributed by atoms with E-state index in [2.05, 4.69) is 33.0 Å². The van der Waals surface area contributed by atoms with Crippen molar-refractivity contribution >= 4 is 23.4 Å². The van der Waals surface area contributed by atoms with Crippen LogP contribution >= 0.6 is 0 Å². The molecule has 6 nitrogen and oxygen atoms in total. The van der Waals surface area contributed by atoms with Crippen molar-refractivity contribution in [2.24, 2.45) is 0 Å². The Kier molecular flexibility index (Phi) is 6.84. The number of para-hydroxylation sites is 1. The number of ether oxygens (including phenoxy) is 1. The van der Waals surface area contributed by atoms with Crippen LogP contribution in [0.2, 0.25) is 0 Å². The van der Waals surface area contributed by atoms with Crippen LogP contribution in [0.3, 0.4) is 0 Å². The summed E-state index contributed by atoms with van der Waals surface area (Å²) in [6.07, 6.45) is 0. The van der Waals surface area contributed by atoms with Gasteiger partial charge in [0.25, 0.3) is 11.8 Å². The minimum atomic E-state index is -0.896. The van der Waals surface area contributed by atoms with Crippen LogP contribution in [0.4, 0.5) is 5.69 Å². The van der Waals surface area contributed by atoms with E-state index in [1.54, 1.807) is 38.1 Å². The molecular formula is C26H32N2O4. The Balaban J connectivity index is 1.66. The average Bonchev–Trinajstić information content (AvgIpc) is 2.99. The summed E-state index contributed by atoms with van der Waals surface area (Å²) in [6.45, 7) is 11.8. The van der Waals surface area contributed by atoms with Gasteiger partial charge in [0.1, 0.15) is 6.61 Å². The number of rotatable bonds is 8. The highest BCUT2D eigenvalue weighted by molar-refractivity contribution is 6.21. The van der Waals surface area contributed by atoms with Crippen LogP contribution in [0.15, 0.2) is 42.5 Å². The Morgan fingerprint density at radius 2 is 1.41 bits per heavy atom. The monoisotopic (exact) mass is 436 g/mol. The van der Waals surface area contributed by atoms with Crippen LogP contribution in [-0.2, 0) is 9.53 Å². The summed E-state index contributed by atoms with van der Waals surface area (Å²) < 4.78 is 5.68. The first-order chi connectivity index (χ1) is 15.0. The molecule has 1 aliphatic rings. The van der Waals surface area contributed by atoms with Crippen molar-refractivity contribution in [3.63, 3.8) is 0 Å². The molecule has 0 fully saturated rings. The molecule has 0 aliphatic carbocycles. The molecule has 3 amide bonds. The second-order valence-corrected chi connectivity index (χ2v) is 9.47. The maximum absolute atomic E-state index is 12.8. The molecule has 170 valence electrons. The maximum atomic E-state index is 12.8. The third-order valence-corrected chi connectivity index (χ3v) is 5.73. The van der Waals surface area contributed by atoms with Crippen molar-refractivity contribution in [3.8, 4) is 0 Å². The number of fused-ring (bicyclic) bond motifs is 1. The molecule has 0 spiro atoms. The van der Waals surface area contributed by atoms with Gasteiger partial charge in [0.05, 0.1) is 23.3 Å². The Hall–Kier alpha value is -2.99. The number of carbonyl (C=O) groups is 3. The molecule has 32 heavy (non-hydrogen) atoms. The van der Waals surface area contributed by atoms with E-state index in [1.807, 2.05) is 18.2 Å². The molecule has 0 saturated carbocycles. The topological polar surface area (TPSA) is 75.7 Å². The fraction of sp³-hybridized carbons (Fsp3) is 0.423. The van der Waals surface area contributed by atoms with Crippen LogP contribution in [0.25, 0.3) is 0 Å². The van der Waals surface area contributed by atoms with Crippen molar-refractivity contribution in [1.82, 2.24) is 4.90 Å². The lowest BCUT2D eigenvalue weighted by Crippen LogP contribution is -2.50. The van der Waals surface area contributed by atoms with Gasteiger partial charge in [0.15, 0.2) is 0 Å². The van der Waals surface area contributed by atoms with Gasteiger partial charge in [-0.3, -0.25) is 19.3 Å². The standard InChI is InChI=1S/C26H32N2O4/c1-16(2)18-12-9-13-19(17(3)4)23(18)27-22(29)14-32-15-26(5,6)28-24(30)20-10-7-8-11-21(20)25(28)31/h7-13,16-17H,14-15H2,1-6H3,(H,27,29). The molecule has 0 saturated heterocycles. The lowest BCUT2D eigenvalue weighted by atomic mass is 9.92. The van der Waals surface area contributed by atoms with Gasteiger partial charge in [-0.05, 0) is 48.9 Å². The lowest BCUT2D eigenvalue weighted by Gasteiger charge is -2.33. The summed E-state index contributed by atoms with van der Waals surface area (Å²) in [5.41, 5.74) is 2.90. The van der Waals surface area contributed by atoms with Gasteiger partial charge in [-0.15, -0.1) is 0 Å². The number of nitrogens with one attached hydrogen (secondary N) is 1. The zero-order valence-corrected chi connectivity index (χ0v) is 19.7. The number of carbonyl (C=O) groups excluding carboxylic acids is 3. The second-order valence-electron chi connectivity index (χ2n) is 9.47. The minimum absolute atomic E-state index is 0.0504. The van der Waals surface area contributed by atoms with Crippen LogP contribution in [-0.4, -0.2) is 41.4 Å². The number of anilines is 1. The number of nitrogens with zero attached hydrogens (tertiary/aromatic N) is 1. The van der Waals surface area contributed by atoms with E-state index in [-0.39, 0.29) is 42.8 Å². The predicted octanol–water partition coefficient (Wildman–Crippen LogP) is 4.96. The van der Waals surface area contributed by atoms with Crippen LogP contribution in [0.1, 0.15) is 85.2 Å². The van der Waals surface area contributed by atoms with Crippen molar-refractivity contribution in [2.75, 3.05) is 18.5 Å². The first-order valence-corrected chi connectivity index (χ1v) is 11.0. The molecule has 2 aromatic carbocycles. The molecule has 0 bridgehead atoms. The maximum Gasteiger partial charge on any atom is 0.262 e. The van der Waals surface area contributed by atoms with Gasteiger partial charge in [-0.25, -0.2) is 0 Å². The van der Waals surface area contributed by atoms with Crippen molar-refractivity contribution < 1.29 is 19.1 Å². The molecule has 2 aromatic rings. The summed E-state index contributed by atoms with van der Waals surface area (Å²) in [7, 11) is 0. The third kappa shape index (κ3) is 4.60. The van der Waals surface area contributed by atoms with E-state index in [4.69, 9.17) is 4.74 Å². The van der Waals surface area contributed by atoms with E-state index in [9.17, 15) is 14.4 Å². The highest BCUT2D eigenvalue weighted by Crippen LogP contribution is 2.32. The summed E-state index contributed by atoms with van der Waals surface area (Å²) in [4.78, 5) is 39.4. The van der Waals surface area contributed by atoms with E-state index >= 15 is 0 Å². The fourth-order valence-electron chi connectivity index (χ4n) is 4.07. The third-order valence-electron chi connectivity index (χ3n) is 5.73. The van der Waals surface area contributed by atoms with Crippen molar-refractivity contribution in [3.05, 3.63) is 64.7 Å². The largest absolute Gasteiger partial charge is 0.369 e. The smallest absolute Gasteiger partial charge is 0.262 e. The molecule has 0 atom stereocenters. The predicted molar refractivity (Wildman–Crippen MR) is 125 cm³/mol. The number of amides is 3. The summed E-state index contributed by atoms with van der Waals surface area (Å²) >= 11 is 0. The summed E-state index contributed by atoms with van der Waals surface area (Å²) in [5.74, 6) is -0.416. The summed E-state index contributed by atoms with van der Waals surface area (Å²) in [5, 5.41) is 3.02. The fourth-order valence-corrected chi connectivity index (χ4v) is 4.07. The molecule has 0 aromatic heterocycles. The lowest BCUT2D eigenvalue weighted by molar-refractivity contribution is -0.121. The molecule has 3 rings (SSSR count). The number of benzene rings is 2. The Labute approximate surface area is 189 Å². The van der Waals surface area contributed by atoms with Crippen LogP contribution < -0.4 is 5.32 Å². The van der Waals surface area contributed by atoms with Crippen LogP contribution in [0.5, 0.6) is 0 Å². The first-order valence-electron chi connectivity index (χ1n) is 11.0. The zero-order valence-electron chi connectivity index (χ0n) is 19.7. The number of hydrogen-bond acceptors (Lipinski definition) is 4. The normalized spacial score (nSPS) is 13.8. The molecule has 6 heteroatoms. The van der Waals surface area contributed by atoms with E-state index < -0.39 is 5.54 Å². The molecule has 0 radical (unpaired) electrons. The van der Waals surface area contributed by atoms with E-state index in [0.29, 0.717) is 11.1 Å². The van der Waals surface area contributed by atoms with Gasteiger partial charge in [0.2, 0.25) is 5.91 Å².